The highest BCUT2D eigenvalue weighted by atomic mass is 16.5. The van der Waals surface area contributed by atoms with Crippen molar-refractivity contribution in [3.63, 3.8) is 0 Å². The number of rotatable bonds is 9. The van der Waals surface area contributed by atoms with Crippen LogP contribution in [0.1, 0.15) is 64.2 Å². The summed E-state index contributed by atoms with van der Waals surface area (Å²) < 4.78 is 5.15. The minimum Gasteiger partial charge on any atom is -0.497 e. The van der Waals surface area contributed by atoms with Gasteiger partial charge >= 0.3 is 0 Å². The average molecular weight is 446 g/mol. The van der Waals surface area contributed by atoms with E-state index in [1.807, 2.05) is 25.7 Å². The van der Waals surface area contributed by atoms with E-state index in [0.717, 1.165) is 0 Å². The quantitative estimate of drug-likeness (QED) is 0.611. The fraction of sp³-hybridized carbons (Fsp3) is 0.640. The van der Waals surface area contributed by atoms with Crippen LogP contribution in [0.15, 0.2) is 24.3 Å². The van der Waals surface area contributed by atoms with Crippen molar-refractivity contribution in [2.45, 2.75) is 66.0 Å². The molecule has 1 fully saturated rings. The summed E-state index contributed by atoms with van der Waals surface area (Å²) in [5, 5.41) is 6.02. The Kier molecular flexibility index (Phi) is 9.54. The Balaban J connectivity index is 2.11. The van der Waals surface area contributed by atoms with Gasteiger partial charge in [-0.3, -0.25) is 14.4 Å². The minimum absolute atomic E-state index is 0.00408. The number of amides is 3. The summed E-state index contributed by atoms with van der Waals surface area (Å²) >= 11 is 0. The minimum atomic E-state index is -0.645. The van der Waals surface area contributed by atoms with Gasteiger partial charge < -0.3 is 20.3 Å². The van der Waals surface area contributed by atoms with Crippen LogP contribution in [-0.4, -0.2) is 54.9 Å². The van der Waals surface area contributed by atoms with Crippen LogP contribution < -0.4 is 15.4 Å². The molecule has 0 aliphatic carbocycles. The highest BCUT2D eigenvalue weighted by Gasteiger charge is 2.34. The molecule has 2 rings (SSSR count). The number of hydrogen-bond acceptors (Lipinski definition) is 4. The van der Waals surface area contributed by atoms with Crippen LogP contribution in [0.2, 0.25) is 0 Å². The van der Waals surface area contributed by atoms with Gasteiger partial charge in [0.15, 0.2) is 0 Å². The van der Waals surface area contributed by atoms with Gasteiger partial charge in [-0.05, 0) is 61.8 Å². The summed E-state index contributed by atoms with van der Waals surface area (Å²) in [6.45, 7) is 11.4. The molecule has 1 heterocycles. The van der Waals surface area contributed by atoms with Gasteiger partial charge in [-0.15, -0.1) is 0 Å². The van der Waals surface area contributed by atoms with Crippen LogP contribution in [-0.2, 0) is 9.59 Å². The van der Waals surface area contributed by atoms with Gasteiger partial charge in [-0.2, -0.15) is 0 Å². The van der Waals surface area contributed by atoms with E-state index in [-0.39, 0.29) is 35.6 Å². The van der Waals surface area contributed by atoms with Crippen molar-refractivity contribution in [2.24, 2.45) is 17.8 Å². The van der Waals surface area contributed by atoms with Crippen molar-refractivity contribution in [3.8, 4) is 5.75 Å². The summed E-state index contributed by atoms with van der Waals surface area (Å²) in [5.74, 6) is 0.950. The second-order valence-corrected chi connectivity index (χ2v) is 9.54. The normalized spacial score (nSPS) is 16.6. The van der Waals surface area contributed by atoms with E-state index in [4.69, 9.17) is 4.74 Å². The predicted molar refractivity (Wildman–Crippen MR) is 125 cm³/mol. The molecule has 2 N–H and O–H groups in total. The van der Waals surface area contributed by atoms with Gasteiger partial charge in [-0.25, -0.2) is 0 Å². The highest BCUT2D eigenvalue weighted by Crippen LogP contribution is 2.23. The van der Waals surface area contributed by atoms with E-state index in [0.29, 0.717) is 49.6 Å². The smallest absolute Gasteiger partial charge is 0.251 e. The average Bonchev–Trinajstić information content (AvgIpc) is 2.76. The first-order valence-corrected chi connectivity index (χ1v) is 11.6. The topological polar surface area (TPSA) is 87.7 Å². The molecule has 2 atom stereocenters. The molecule has 1 saturated heterocycles. The molecule has 7 nitrogen and oxygen atoms in total. The van der Waals surface area contributed by atoms with Gasteiger partial charge in [-0.1, -0.05) is 27.7 Å². The molecule has 3 amide bonds. The Labute approximate surface area is 192 Å². The lowest BCUT2D eigenvalue weighted by atomic mass is 9.87. The van der Waals surface area contributed by atoms with Crippen LogP contribution in [0.25, 0.3) is 0 Å². The number of carbonyl (C=O) groups is 3. The first-order chi connectivity index (χ1) is 15.1. The lowest BCUT2D eigenvalue weighted by molar-refractivity contribution is -0.133. The standard InChI is InChI=1S/C25H39N3O4/c1-16(2)15-22(29)28-13-11-19(12-14-28)23(25(31)26-18(5)17(3)4)27-24(30)20-7-9-21(32-6)10-8-20/h7-10,16-19,23H,11-15H2,1-6H3,(H,26,31)(H,27,30)/t18-,23+/m0/s1. The summed E-state index contributed by atoms with van der Waals surface area (Å²) in [5.41, 5.74) is 0.477. The molecule has 1 aromatic carbocycles. The zero-order valence-corrected chi connectivity index (χ0v) is 20.3. The number of benzene rings is 1. The Morgan fingerprint density at radius 2 is 1.59 bits per heavy atom. The molecule has 1 aromatic rings. The predicted octanol–water partition coefficient (Wildman–Crippen LogP) is 3.24. The Bertz CT molecular complexity index is 768. The van der Waals surface area contributed by atoms with E-state index in [1.165, 1.54) is 0 Å². The molecule has 7 heteroatoms. The fourth-order valence-electron chi connectivity index (χ4n) is 3.81. The highest BCUT2D eigenvalue weighted by molar-refractivity contribution is 5.97. The number of methoxy groups -OCH3 is 1. The molecule has 1 aliphatic heterocycles. The van der Waals surface area contributed by atoms with Crippen LogP contribution >= 0.6 is 0 Å². The van der Waals surface area contributed by atoms with E-state index in [1.54, 1.807) is 31.4 Å². The number of hydrogen-bond donors (Lipinski definition) is 2. The van der Waals surface area contributed by atoms with E-state index < -0.39 is 6.04 Å². The maximum Gasteiger partial charge on any atom is 0.251 e. The van der Waals surface area contributed by atoms with Crippen LogP contribution in [0.5, 0.6) is 5.75 Å². The second-order valence-electron chi connectivity index (χ2n) is 9.54. The van der Waals surface area contributed by atoms with Gasteiger partial charge in [0.25, 0.3) is 5.91 Å². The maximum atomic E-state index is 13.2. The van der Waals surface area contributed by atoms with Crippen LogP contribution in [0, 0.1) is 17.8 Å². The fourth-order valence-corrected chi connectivity index (χ4v) is 3.81. The number of likely N-dealkylation sites (tertiary alicyclic amines) is 1. The number of ether oxygens (including phenoxy) is 1. The van der Waals surface area contributed by atoms with Crippen LogP contribution in [0.3, 0.4) is 0 Å². The van der Waals surface area contributed by atoms with Crippen molar-refractivity contribution in [1.82, 2.24) is 15.5 Å². The molecule has 0 saturated carbocycles. The lowest BCUT2D eigenvalue weighted by Gasteiger charge is -2.36. The molecule has 1 aliphatic rings. The SMILES string of the molecule is COc1ccc(C(=O)N[C@@H](C(=O)N[C@@H](C)C(C)C)C2CCN(C(=O)CC(C)C)CC2)cc1. The lowest BCUT2D eigenvalue weighted by Crippen LogP contribution is -2.55. The summed E-state index contributed by atoms with van der Waals surface area (Å²) in [6, 6.07) is 6.18. The van der Waals surface area contributed by atoms with E-state index in [9.17, 15) is 14.4 Å². The second kappa shape index (κ2) is 11.9. The number of piperidine rings is 1. The Morgan fingerprint density at radius 3 is 2.09 bits per heavy atom. The Hall–Kier alpha value is -2.57. The summed E-state index contributed by atoms with van der Waals surface area (Å²) in [7, 11) is 1.57. The zero-order valence-electron chi connectivity index (χ0n) is 20.3. The third-order valence-corrected chi connectivity index (χ3v) is 6.24. The third-order valence-electron chi connectivity index (χ3n) is 6.24. The van der Waals surface area contributed by atoms with Crippen molar-refractivity contribution in [2.75, 3.05) is 20.2 Å². The van der Waals surface area contributed by atoms with Crippen LogP contribution in [0.4, 0.5) is 0 Å². The first kappa shape index (κ1) is 25.7. The van der Waals surface area contributed by atoms with Crippen molar-refractivity contribution < 1.29 is 19.1 Å². The number of nitrogens with zero attached hydrogens (tertiary/aromatic N) is 1. The van der Waals surface area contributed by atoms with E-state index >= 15 is 0 Å². The number of nitrogens with one attached hydrogen (secondary N) is 2. The maximum absolute atomic E-state index is 13.2. The van der Waals surface area contributed by atoms with E-state index in [2.05, 4.69) is 24.5 Å². The van der Waals surface area contributed by atoms with Gasteiger partial charge in [0, 0.05) is 31.1 Å². The molecular formula is C25H39N3O4. The molecule has 0 bridgehead atoms. The molecule has 0 unspecified atom stereocenters. The van der Waals surface area contributed by atoms with Crippen molar-refractivity contribution >= 4 is 17.7 Å². The summed E-state index contributed by atoms with van der Waals surface area (Å²) in [4.78, 5) is 40.4. The first-order valence-electron chi connectivity index (χ1n) is 11.6. The number of carbonyl (C=O) groups excluding carboxylic acids is 3. The molecule has 178 valence electrons. The third kappa shape index (κ3) is 7.24. The zero-order chi connectivity index (χ0) is 23.8. The molecular weight excluding hydrogens is 406 g/mol. The van der Waals surface area contributed by atoms with Crippen molar-refractivity contribution in [3.05, 3.63) is 29.8 Å². The molecule has 32 heavy (non-hydrogen) atoms. The molecule has 0 radical (unpaired) electrons. The Morgan fingerprint density at radius 1 is 1.00 bits per heavy atom. The summed E-state index contributed by atoms with van der Waals surface area (Å²) in [6.07, 6.45) is 1.90. The monoisotopic (exact) mass is 445 g/mol. The molecule has 0 aromatic heterocycles. The van der Waals surface area contributed by atoms with Gasteiger partial charge in [0.1, 0.15) is 11.8 Å². The largest absolute Gasteiger partial charge is 0.497 e. The molecule has 0 spiro atoms. The van der Waals surface area contributed by atoms with Crippen molar-refractivity contribution in [1.29, 1.82) is 0 Å². The van der Waals surface area contributed by atoms with Gasteiger partial charge in [0.05, 0.1) is 7.11 Å². The van der Waals surface area contributed by atoms with Gasteiger partial charge in [0.2, 0.25) is 11.8 Å².